The van der Waals surface area contributed by atoms with Crippen molar-refractivity contribution < 1.29 is 9.47 Å². The van der Waals surface area contributed by atoms with Crippen LogP contribution < -0.4 is 14.4 Å². The predicted octanol–water partition coefficient (Wildman–Crippen LogP) is 2.23. The number of likely N-dealkylation sites (tertiary alicyclic amines) is 1. The molecule has 5 nitrogen and oxygen atoms in total. The molecular weight excluding hydrogens is 290 g/mol. The smallest absolute Gasteiger partial charge is 0.231 e. The molecule has 1 aromatic carbocycles. The molecule has 0 radical (unpaired) electrons. The van der Waals surface area contributed by atoms with Gasteiger partial charge in [-0.1, -0.05) is 0 Å². The molecule has 2 atom stereocenters. The summed E-state index contributed by atoms with van der Waals surface area (Å²) < 4.78 is 10.9. The van der Waals surface area contributed by atoms with E-state index in [4.69, 9.17) is 9.47 Å². The van der Waals surface area contributed by atoms with Gasteiger partial charge in [-0.2, -0.15) is 0 Å². The molecule has 3 aliphatic rings. The van der Waals surface area contributed by atoms with Gasteiger partial charge in [0.2, 0.25) is 6.79 Å². The van der Waals surface area contributed by atoms with Gasteiger partial charge in [0, 0.05) is 43.4 Å². The number of benzene rings is 1. The monoisotopic (exact) mass is 309 g/mol. The van der Waals surface area contributed by atoms with Crippen LogP contribution in [0.15, 0.2) is 36.5 Å². The first-order valence-electron chi connectivity index (χ1n) is 8.10. The summed E-state index contributed by atoms with van der Waals surface area (Å²) in [6, 6.07) is 11.0. The average molecular weight is 309 g/mol. The molecule has 0 unspecified atom stereocenters. The maximum absolute atomic E-state index is 5.51. The highest BCUT2D eigenvalue weighted by molar-refractivity contribution is 5.77. The summed E-state index contributed by atoms with van der Waals surface area (Å²) >= 11 is 0. The minimum Gasteiger partial charge on any atom is -0.454 e. The summed E-state index contributed by atoms with van der Waals surface area (Å²) in [6.07, 6.45) is 1.86. The summed E-state index contributed by atoms with van der Waals surface area (Å²) in [6.45, 7) is 3.72. The molecule has 0 amide bonds. The molecule has 5 heteroatoms. The first-order chi connectivity index (χ1) is 11.3. The number of anilines is 1. The van der Waals surface area contributed by atoms with Crippen molar-refractivity contribution in [2.75, 3.05) is 38.4 Å². The average Bonchev–Trinajstić information content (AvgIpc) is 3.18. The number of likely N-dealkylation sites (N-methyl/N-ethyl adjacent to an activating group) is 1. The Kier molecular flexibility index (Phi) is 2.79. The fraction of sp³-hybridized carbons (Fsp3) is 0.389. The Morgan fingerprint density at radius 1 is 1.09 bits per heavy atom. The molecule has 0 aliphatic carbocycles. The van der Waals surface area contributed by atoms with E-state index in [0.29, 0.717) is 12.8 Å². The number of nitrogens with zero attached hydrogens (tertiary/aromatic N) is 3. The van der Waals surface area contributed by atoms with E-state index in [-0.39, 0.29) is 0 Å². The number of aromatic nitrogens is 1. The van der Waals surface area contributed by atoms with Crippen molar-refractivity contribution >= 4 is 5.69 Å². The van der Waals surface area contributed by atoms with E-state index in [2.05, 4.69) is 34.0 Å². The van der Waals surface area contributed by atoms with Crippen LogP contribution >= 0.6 is 0 Å². The Morgan fingerprint density at radius 2 is 2.00 bits per heavy atom. The van der Waals surface area contributed by atoms with Crippen molar-refractivity contribution in [3.05, 3.63) is 36.5 Å². The van der Waals surface area contributed by atoms with Crippen molar-refractivity contribution in [3.63, 3.8) is 0 Å². The van der Waals surface area contributed by atoms with Crippen LogP contribution in [0.2, 0.25) is 0 Å². The fourth-order valence-corrected chi connectivity index (χ4v) is 4.02. The van der Waals surface area contributed by atoms with Crippen LogP contribution in [0, 0.1) is 5.92 Å². The maximum atomic E-state index is 5.51. The zero-order valence-electron chi connectivity index (χ0n) is 13.1. The van der Waals surface area contributed by atoms with E-state index in [1.807, 2.05) is 24.4 Å². The number of hydrogen-bond donors (Lipinski definition) is 0. The Balaban J connectivity index is 1.52. The second-order valence-corrected chi connectivity index (χ2v) is 6.61. The van der Waals surface area contributed by atoms with Gasteiger partial charge in [-0.3, -0.25) is 4.98 Å². The lowest BCUT2D eigenvalue weighted by Gasteiger charge is -2.40. The summed E-state index contributed by atoms with van der Waals surface area (Å²) in [5.41, 5.74) is 3.32. The lowest BCUT2D eigenvalue weighted by atomic mass is 9.93. The van der Waals surface area contributed by atoms with Crippen molar-refractivity contribution in [1.82, 2.24) is 9.88 Å². The third kappa shape index (κ3) is 2.00. The van der Waals surface area contributed by atoms with Gasteiger partial charge in [0.15, 0.2) is 11.5 Å². The zero-order valence-corrected chi connectivity index (χ0v) is 13.1. The Hall–Kier alpha value is -2.27. The van der Waals surface area contributed by atoms with Gasteiger partial charge in [-0.15, -0.1) is 0 Å². The van der Waals surface area contributed by atoms with Crippen LogP contribution in [-0.2, 0) is 0 Å². The summed E-state index contributed by atoms with van der Waals surface area (Å²) in [5.74, 6) is 2.41. The third-order valence-corrected chi connectivity index (χ3v) is 5.27. The van der Waals surface area contributed by atoms with Crippen LogP contribution in [0.1, 0.15) is 0 Å². The second-order valence-electron chi connectivity index (χ2n) is 6.61. The Morgan fingerprint density at radius 3 is 2.87 bits per heavy atom. The molecule has 0 saturated carbocycles. The van der Waals surface area contributed by atoms with E-state index in [1.165, 1.54) is 12.2 Å². The van der Waals surface area contributed by atoms with Gasteiger partial charge < -0.3 is 19.3 Å². The quantitative estimate of drug-likeness (QED) is 0.850. The van der Waals surface area contributed by atoms with Crippen LogP contribution in [0.25, 0.3) is 11.3 Å². The van der Waals surface area contributed by atoms with E-state index in [9.17, 15) is 0 Å². The first-order valence-corrected chi connectivity index (χ1v) is 8.10. The molecule has 2 saturated heterocycles. The molecule has 3 aliphatic heterocycles. The molecule has 0 spiro atoms. The lowest BCUT2D eigenvalue weighted by molar-refractivity contribution is 0.0827. The van der Waals surface area contributed by atoms with Crippen molar-refractivity contribution in [2.45, 2.75) is 6.04 Å². The number of ether oxygens (including phenoxy) is 2. The standard InChI is InChI=1S/C18H19N3O2/c1-20-8-13-9-21(10-15(13)20)14-3-2-6-19-18(14)12-4-5-16-17(7-12)23-11-22-16/h2-7,13,15H,8-11H2,1H3/t13-,15+/m1/s1. The second kappa shape index (κ2) is 4.86. The van der Waals surface area contributed by atoms with E-state index in [1.54, 1.807) is 0 Å². The number of rotatable bonds is 2. The van der Waals surface area contributed by atoms with Gasteiger partial charge in [0.05, 0.1) is 11.4 Å². The minimum absolute atomic E-state index is 0.301. The molecule has 0 N–H and O–H groups in total. The van der Waals surface area contributed by atoms with Gasteiger partial charge >= 0.3 is 0 Å². The Labute approximate surface area is 135 Å². The van der Waals surface area contributed by atoms with Crippen LogP contribution in [0.3, 0.4) is 0 Å². The maximum Gasteiger partial charge on any atom is 0.231 e. The van der Waals surface area contributed by atoms with Gasteiger partial charge in [0.25, 0.3) is 0 Å². The first kappa shape index (κ1) is 13.2. The molecule has 23 heavy (non-hydrogen) atoms. The van der Waals surface area contributed by atoms with Crippen LogP contribution in [0.5, 0.6) is 11.5 Å². The number of pyridine rings is 1. The highest BCUT2D eigenvalue weighted by Gasteiger charge is 2.44. The summed E-state index contributed by atoms with van der Waals surface area (Å²) in [7, 11) is 2.21. The summed E-state index contributed by atoms with van der Waals surface area (Å²) in [4.78, 5) is 9.58. The Bertz CT molecular complexity index is 764. The molecule has 5 rings (SSSR count). The molecule has 4 heterocycles. The number of fused-ring (bicyclic) bond motifs is 2. The molecule has 2 fully saturated rings. The molecule has 0 bridgehead atoms. The predicted molar refractivity (Wildman–Crippen MR) is 87.9 cm³/mol. The highest BCUT2D eigenvalue weighted by atomic mass is 16.7. The lowest BCUT2D eigenvalue weighted by Crippen LogP contribution is -2.52. The van der Waals surface area contributed by atoms with E-state index < -0.39 is 0 Å². The van der Waals surface area contributed by atoms with Crippen LogP contribution in [-0.4, -0.2) is 49.4 Å². The summed E-state index contributed by atoms with van der Waals surface area (Å²) in [5, 5.41) is 0. The zero-order chi connectivity index (χ0) is 15.4. The van der Waals surface area contributed by atoms with Gasteiger partial charge in [0.1, 0.15) is 0 Å². The van der Waals surface area contributed by atoms with Crippen molar-refractivity contribution in [2.24, 2.45) is 5.92 Å². The molecule has 2 aromatic rings. The fourth-order valence-electron chi connectivity index (χ4n) is 4.02. The molecular formula is C18H19N3O2. The third-order valence-electron chi connectivity index (χ3n) is 5.27. The molecule has 118 valence electrons. The van der Waals surface area contributed by atoms with Gasteiger partial charge in [-0.05, 0) is 37.4 Å². The van der Waals surface area contributed by atoms with E-state index in [0.717, 1.165) is 41.8 Å². The van der Waals surface area contributed by atoms with Crippen molar-refractivity contribution in [3.8, 4) is 22.8 Å². The largest absolute Gasteiger partial charge is 0.454 e. The molecule has 1 aromatic heterocycles. The normalized spacial score (nSPS) is 25.3. The highest BCUT2D eigenvalue weighted by Crippen LogP contribution is 2.40. The SMILES string of the molecule is CN1C[C@@H]2CN(c3cccnc3-c3ccc4c(c3)OCO4)C[C@@H]21. The number of hydrogen-bond acceptors (Lipinski definition) is 5. The van der Waals surface area contributed by atoms with Crippen LogP contribution in [0.4, 0.5) is 5.69 Å². The minimum atomic E-state index is 0.301. The van der Waals surface area contributed by atoms with Gasteiger partial charge in [-0.25, -0.2) is 0 Å². The van der Waals surface area contributed by atoms with E-state index >= 15 is 0 Å². The topological polar surface area (TPSA) is 37.8 Å². The van der Waals surface area contributed by atoms with Crippen molar-refractivity contribution in [1.29, 1.82) is 0 Å².